The summed E-state index contributed by atoms with van der Waals surface area (Å²) in [6.07, 6.45) is 4.53. The number of aromatic nitrogens is 3. The summed E-state index contributed by atoms with van der Waals surface area (Å²) in [5.74, 6) is 0. The lowest BCUT2D eigenvalue weighted by atomic mass is 9.98. The van der Waals surface area contributed by atoms with Crippen LogP contribution in [0.4, 0.5) is 0 Å². The predicted octanol–water partition coefficient (Wildman–Crippen LogP) is 3.16. The van der Waals surface area contributed by atoms with Crippen molar-refractivity contribution in [2.45, 2.75) is 19.9 Å². The molecule has 21 heavy (non-hydrogen) atoms. The second-order valence-electron chi connectivity index (χ2n) is 4.92. The number of nitrogens with two attached hydrogens (primary N) is 1. The summed E-state index contributed by atoms with van der Waals surface area (Å²) in [6, 6.07) is 12.3. The summed E-state index contributed by atoms with van der Waals surface area (Å²) in [5.41, 5.74) is 12.3. The topological polar surface area (TPSA) is 67.6 Å². The largest absolute Gasteiger partial charge is 0.326 e. The van der Waals surface area contributed by atoms with Crippen molar-refractivity contribution in [1.82, 2.24) is 15.2 Å². The van der Waals surface area contributed by atoms with Gasteiger partial charge in [-0.2, -0.15) is 5.10 Å². The third-order valence-corrected chi connectivity index (χ3v) is 3.63. The van der Waals surface area contributed by atoms with Crippen LogP contribution in [0.25, 0.3) is 22.4 Å². The van der Waals surface area contributed by atoms with Crippen LogP contribution >= 0.6 is 0 Å². The maximum atomic E-state index is 5.66. The predicted molar refractivity (Wildman–Crippen MR) is 84.5 cm³/mol. The summed E-state index contributed by atoms with van der Waals surface area (Å²) in [7, 11) is 0. The first-order chi connectivity index (χ1) is 10.3. The van der Waals surface area contributed by atoms with E-state index in [4.69, 9.17) is 5.73 Å². The van der Waals surface area contributed by atoms with Crippen LogP contribution in [0, 0.1) is 0 Å². The molecule has 0 fully saturated rings. The number of hydrogen-bond acceptors (Lipinski definition) is 3. The number of nitrogens with zero attached hydrogens (tertiary/aromatic N) is 2. The molecule has 106 valence electrons. The Kier molecular flexibility index (Phi) is 3.79. The fourth-order valence-electron chi connectivity index (χ4n) is 2.47. The van der Waals surface area contributed by atoms with E-state index in [0.29, 0.717) is 6.54 Å². The monoisotopic (exact) mass is 278 g/mol. The highest BCUT2D eigenvalue weighted by Crippen LogP contribution is 2.33. The van der Waals surface area contributed by atoms with E-state index in [0.717, 1.165) is 40.1 Å². The Bertz CT molecular complexity index is 714. The van der Waals surface area contributed by atoms with Crippen LogP contribution in [0.2, 0.25) is 0 Å². The Morgan fingerprint density at radius 3 is 2.33 bits per heavy atom. The van der Waals surface area contributed by atoms with Crippen molar-refractivity contribution in [1.29, 1.82) is 0 Å². The second-order valence-corrected chi connectivity index (χ2v) is 4.92. The highest BCUT2D eigenvalue weighted by Gasteiger charge is 2.15. The van der Waals surface area contributed by atoms with E-state index in [9.17, 15) is 0 Å². The van der Waals surface area contributed by atoms with Crippen LogP contribution in [0.1, 0.15) is 18.2 Å². The van der Waals surface area contributed by atoms with E-state index in [2.05, 4.69) is 34.2 Å². The molecule has 4 heteroatoms. The summed E-state index contributed by atoms with van der Waals surface area (Å²) in [4.78, 5) is 4.09. The smallest absolute Gasteiger partial charge is 0.100 e. The van der Waals surface area contributed by atoms with Gasteiger partial charge in [0, 0.05) is 35.8 Å². The van der Waals surface area contributed by atoms with Crippen molar-refractivity contribution in [3.63, 3.8) is 0 Å². The number of aromatic amines is 1. The molecule has 0 radical (unpaired) electrons. The molecule has 0 aliphatic heterocycles. The number of nitrogens with one attached hydrogen (secondary N) is 1. The Hall–Kier alpha value is -2.46. The van der Waals surface area contributed by atoms with Gasteiger partial charge in [-0.05, 0) is 29.7 Å². The maximum Gasteiger partial charge on any atom is 0.100 e. The number of H-pyrrole nitrogens is 1. The molecule has 0 unspecified atom stereocenters. The van der Waals surface area contributed by atoms with E-state index >= 15 is 0 Å². The summed E-state index contributed by atoms with van der Waals surface area (Å²) >= 11 is 0. The van der Waals surface area contributed by atoms with E-state index in [1.807, 2.05) is 36.7 Å². The molecule has 2 aromatic heterocycles. The summed E-state index contributed by atoms with van der Waals surface area (Å²) in [5, 5.41) is 7.67. The van der Waals surface area contributed by atoms with Crippen LogP contribution in [0.3, 0.4) is 0 Å². The molecule has 4 nitrogen and oxygen atoms in total. The maximum absolute atomic E-state index is 5.66. The SMILES string of the molecule is CCc1[nH]nc(-c2ccc(CN)cc2)c1-c1ccncc1. The fraction of sp³-hybridized carbons (Fsp3) is 0.176. The van der Waals surface area contributed by atoms with Gasteiger partial charge in [-0.15, -0.1) is 0 Å². The number of benzene rings is 1. The zero-order valence-corrected chi connectivity index (χ0v) is 12.0. The second kappa shape index (κ2) is 5.89. The molecule has 0 aliphatic rings. The quantitative estimate of drug-likeness (QED) is 0.770. The molecule has 1 aromatic carbocycles. The van der Waals surface area contributed by atoms with Crippen LogP contribution in [0.15, 0.2) is 48.8 Å². The average Bonchev–Trinajstić information content (AvgIpc) is 2.99. The molecule has 3 N–H and O–H groups in total. The third kappa shape index (κ3) is 2.58. The Labute approximate surface area is 124 Å². The number of pyridine rings is 1. The molecule has 0 amide bonds. The lowest BCUT2D eigenvalue weighted by molar-refractivity contribution is 0.977. The van der Waals surface area contributed by atoms with Crippen LogP contribution in [-0.4, -0.2) is 15.2 Å². The zero-order chi connectivity index (χ0) is 14.7. The molecule has 3 aromatic rings. The molecule has 0 saturated carbocycles. The van der Waals surface area contributed by atoms with Gasteiger partial charge in [0.2, 0.25) is 0 Å². The van der Waals surface area contributed by atoms with Gasteiger partial charge >= 0.3 is 0 Å². The summed E-state index contributed by atoms with van der Waals surface area (Å²) in [6.45, 7) is 2.68. The van der Waals surface area contributed by atoms with Gasteiger partial charge in [0.25, 0.3) is 0 Å². The average molecular weight is 278 g/mol. The molecule has 0 aliphatic carbocycles. The first-order valence-corrected chi connectivity index (χ1v) is 7.10. The molecule has 3 rings (SSSR count). The van der Waals surface area contributed by atoms with E-state index in [1.165, 1.54) is 0 Å². The van der Waals surface area contributed by atoms with Crippen LogP contribution in [-0.2, 0) is 13.0 Å². The van der Waals surface area contributed by atoms with Crippen molar-refractivity contribution in [3.05, 3.63) is 60.0 Å². The molecule has 2 heterocycles. The molecule has 0 atom stereocenters. The van der Waals surface area contributed by atoms with Crippen molar-refractivity contribution < 1.29 is 0 Å². The van der Waals surface area contributed by atoms with Gasteiger partial charge in [0.1, 0.15) is 5.69 Å². The lowest BCUT2D eigenvalue weighted by Crippen LogP contribution is -1.95. The minimum atomic E-state index is 0.554. The van der Waals surface area contributed by atoms with Crippen molar-refractivity contribution in [2.24, 2.45) is 5.73 Å². The molecular formula is C17H18N4. The van der Waals surface area contributed by atoms with Gasteiger partial charge < -0.3 is 5.73 Å². The van der Waals surface area contributed by atoms with E-state index < -0.39 is 0 Å². The highest BCUT2D eigenvalue weighted by molar-refractivity contribution is 5.82. The fourth-order valence-corrected chi connectivity index (χ4v) is 2.47. The highest BCUT2D eigenvalue weighted by atomic mass is 15.1. The number of aryl methyl sites for hydroxylation is 1. The van der Waals surface area contributed by atoms with E-state index in [1.54, 1.807) is 0 Å². The minimum absolute atomic E-state index is 0.554. The van der Waals surface area contributed by atoms with Gasteiger partial charge in [0.15, 0.2) is 0 Å². The lowest BCUT2D eigenvalue weighted by Gasteiger charge is -2.06. The Morgan fingerprint density at radius 2 is 1.71 bits per heavy atom. The number of hydrogen-bond donors (Lipinski definition) is 2. The Morgan fingerprint density at radius 1 is 1.00 bits per heavy atom. The first kappa shape index (κ1) is 13.5. The van der Waals surface area contributed by atoms with Gasteiger partial charge in [-0.1, -0.05) is 31.2 Å². The standard InChI is InChI=1S/C17H18N4/c1-2-15-16(13-7-9-19-10-8-13)17(21-20-15)14-5-3-12(11-18)4-6-14/h3-10H,2,11,18H2,1H3,(H,20,21). The normalized spacial score (nSPS) is 10.8. The van der Waals surface area contributed by atoms with Crippen molar-refractivity contribution in [3.8, 4) is 22.4 Å². The van der Waals surface area contributed by atoms with Crippen LogP contribution < -0.4 is 5.73 Å². The van der Waals surface area contributed by atoms with Gasteiger partial charge in [0.05, 0.1) is 0 Å². The molecule has 0 saturated heterocycles. The van der Waals surface area contributed by atoms with Crippen molar-refractivity contribution in [2.75, 3.05) is 0 Å². The first-order valence-electron chi connectivity index (χ1n) is 7.10. The number of rotatable bonds is 4. The van der Waals surface area contributed by atoms with Gasteiger partial charge in [-0.3, -0.25) is 10.1 Å². The summed E-state index contributed by atoms with van der Waals surface area (Å²) < 4.78 is 0. The Balaban J connectivity index is 2.12. The molecular weight excluding hydrogens is 260 g/mol. The minimum Gasteiger partial charge on any atom is -0.326 e. The molecule has 0 spiro atoms. The third-order valence-electron chi connectivity index (χ3n) is 3.63. The van der Waals surface area contributed by atoms with Gasteiger partial charge in [-0.25, -0.2) is 0 Å². The zero-order valence-electron chi connectivity index (χ0n) is 12.0. The van der Waals surface area contributed by atoms with Crippen molar-refractivity contribution >= 4 is 0 Å². The van der Waals surface area contributed by atoms with Crippen LogP contribution in [0.5, 0.6) is 0 Å². The van der Waals surface area contributed by atoms with E-state index in [-0.39, 0.29) is 0 Å². The molecule has 0 bridgehead atoms.